The van der Waals surface area contributed by atoms with Gasteiger partial charge in [-0.15, -0.1) is 0 Å². The molecule has 0 saturated heterocycles. The molecule has 0 aliphatic carbocycles. The van der Waals surface area contributed by atoms with Crippen molar-refractivity contribution in [3.63, 3.8) is 0 Å². The average Bonchev–Trinajstić information content (AvgIpc) is 2.91. The van der Waals surface area contributed by atoms with Gasteiger partial charge in [0.1, 0.15) is 0 Å². The molecule has 1 rings (SSSR count). The molecular weight excluding hydrogens is 344 g/mol. The Kier molecular flexibility index (Phi) is 6.83. The topological polar surface area (TPSA) is 109 Å². The molecule has 0 aliphatic heterocycles. The van der Waals surface area contributed by atoms with E-state index in [0.717, 1.165) is 6.42 Å². The van der Waals surface area contributed by atoms with Crippen LogP contribution in [-0.4, -0.2) is 37.1 Å². The lowest BCUT2D eigenvalue weighted by Gasteiger charge is -2.24. The van der Waals surface area contributed by atoms with Crippen LogP contribution in [0.15, 0.2) is 21.6 Å². The number of aliphatic hydroxyl groups is 1. The van der Waals surface area contributed by atoms with E-state index in [4.69, 9.17) is 4.42 Å². The van der Waals surface area contributed by atoms with Gasteiger partial charge >= 0.3 is 0 Å². The third-order valence-electron chi connectivity index (χ3n) is 3.40. The van der Waals surface area contributed by atoms with E-state index < -0.39 is 27.1 Å². The van der Waals surface area contributed by atoms with Crippen LogP contribution in [0.1, 0.15) is 64.9 Å². The molecule has 0 bridgehead atoms. The minimum atomic E-state index is -3.84. The minimum absolute atomic E-state index is 0.0571. The molecule has 1 heterocycles. The fraction of sp³-hybridized carbons (Fsp3) is 0.706. The van der Waals surface area contributed by atoms with Crippen molar-refractivity contribution in [1.82, 2.24) is 10.0 Å². The number of hydrogen-bond acceptors (Lipinski definition) is 5. The van der Waals surface area contributed by atoms with Crippen LogP contribution >= 0.6 is 0 Å². The maximum atomic E-state index is 12.2. The molecule has 25 heavy (non-hydrogen) atoms. The standard InChI is InChI=1S/C17H30N2O5S/c1-12(2)9-10-17(6,21)11-18-15(20)13-7-8-14(24-13)25(22,23)19-16(3,4)5/h7-8,12,19,21H,9-11H2,1-6H3,(H,18,20)/t17-/m0/s1. The maximum Gasteiger partial charge on any atom is 0.287 e. The van der Waals surface area contributed by atoms with Gasteiger partial charge in [-0.2, -0.15) is 0 Å². The number of hydrogen-bond donors (Lipinski definition) is 3. The lowest BCUT2D eigenvalue weighted by molar-refractivity contribution is 0.0423. The Morgan fingerprint density at radius 1 is 1.24 bits per heavy atom. The maximum absolute atomic E-state index is 12.2. The summed E-state index contributed by atoms with van der Waals surface area (Å²) in [4.78, 5) is 12.1. The van der Waals surface area contributed by atoms with Crippen molar-refractivity contribution in [2.45, 2.75) is 70.6 Å². The first-order chi connectivity index (χ1) is 11.2. The zero-order chi connectivity index (χ0) is 19.5. The molecule has 0 saturated carbocycles. The molecule has 0 unspecified atom stereocenters. The summed E-state index contributed by atoms with van der Waals surface area (Å²) in [5.74, 6) is -0.230. The van der Waals surface area contributed by atoms with Crippen molar-refractivity contribution in [2.24, 2.45) is 5.92 Å². The van der Waals surface area contributed by atoms with Crippen LogP contribution in [0.3, 0.4) is 0 Å². The van der Waals surface area contributed by atoms with E-state index in [1.807, 2.05) is 0 Å². The molecule has 3 N–H and O–H groups in total. The molecule has 0 aliphatic rings. The van der Waals surface area contributed by atoms with Gasteiger partial charge in [0.15, 0.2) is 5.76 Å². The Labute approximate surface area is 150 Å². The third kappa shape index (κ3) is 7.58. The number of rotatable bonds is 8. The zero-order valence-corrected chi connectivity index (χ0v) is 16.7. The molecule has 1 amide bonds. The van der Waals surface area contributed by atoms with Crippen LogP contribution in [0, 0.1) is 5.92 Å². The highest BCUT2D eigenvalue weighted by Crippen LogP contribution is 2.18. The van der Waals surface area contributed by atoms with E-state index in [0.29, 0.717) is 12.3 Å². The summed E-state index contributed by atoms with van der Waals surface area (Å²) in [5.41, 5.74) is -1.70. The Balaban J connectivity index is 2.71. The van der Waals surface area contributed by atoms with Crippen LogP contribution in [0.25, 0.3) is 0 Å². The monoisotopic (exact) mass is 374 g/mol. The smallest absolute Gasteiger partial charge is 0.287 e. The SMILES string of the molecule is CC(C)CC[C@](C)(O)CNC(=O)c1ccc(S(=O)(=O)NC(C)(C)C)o1. The number of furan rings is 1. The second kappa shape index (κ2) is 7.88. The second-order valence-electron chi connectivity index (χ2n) is 8.09. The summed E-state index contributed by atoms with van der Waals surface area (Å²) in [6, 6.07) is 2.54. The van der Waals surface area contributed by atoms with Gasteiger partial charge in [0.2, 0.25) is 5.09 Å². The Morgan fingerprint density at radius 2 is 1.84 bits per heavy atom. The van der Waals surface area contributed by atoms with Crippen molar-refractivity contribution in [1.29, 1.82) is 0 Å². The first-order valence-electron chi connectivity index (χ1n) is 8.36. The molecule has 0 aromatic carbocycles. The summed E-state index contributed by atoms with van der Waals surface area (Å²) in [6.07, 6.45) is 1.39. The highest BCUT2D eigenvalue weighted by Gasteiger charge is 2.27. The van der Waals surface area contributed by atoms with Crippen molar-refractivity contribution >= 4 is 15.9 Å². The van der Waals surface area contributed by atoms with Gasteiger partial charge < -0.3 is 14.8 Å². The minimum Gasteiger partial charge on any atom is -0.438 e. The molecular formula is C17H30N2O5S. The van der Waals surface area contributed by atoms with Gasteiger partial charge in [0, 0.05) is 12.1 Å². The first kappa shape index (κ1) is 21.7. The van der Waals surface area contributed by atoms with Gasteiger partial charge in [0.05, 0.1) is 5.60 Å². The second-order valence-corrected chi connectivity index (χ2v) is 9.70. The number of sulfonamides is 1. The van der Waals surface area contributed by atoms with E-state index in [9.17, 15) is 18.3 Å². The average molecular weight is 375 g/mol. The van der Waals surface area contributed by atoms with Crippen LogP contribution in [0.5, 0.6) is 0 Å². The third-order valence-corrected chi connectivity index (χ3v) is 5.03. The number of nitrogens with one attached hydrogen (secondary N) is 2. The van der Waals surface area contributed by atoms with Crippen molar-refractivity contribution < 1.29 is 22.7 Å². The predicted molar refractivity (Wildman–Crippen MR) is 95.8 cm³/mol. The molecule has 0 radical (unpaired) electrons. The van der Waals surface area contributed by atoms with Crippen LogP contribution in [0.4, 0.5) is 0 Å². The molecule has 7 nitrogen and oxygen atoms in total. The molecule has 0 fully saturated rings. The summed E-state index contributed by atoms with van der Waals surface area (Å²) in [7, 11) is -3.84. The molecule has 1 atom stereocenters. The Hall–Kier alpha value is -1.38. The summed E-state index contributed by atoms with van der Waals surface area (Å²) in [5, 5.41) is 12.5. The Bertz CT molecular complexity index is 684. The van der Waals surface area contributed by atoms with E-state index in [-0.39, 0.29) is 17.4 Å². The van der Waals surface area contributed by atoms with Gasteiger partial charge in [-0.25, -0.2) is 13.1 Å². The normalized spacial score (nSPS) is 15.2. The van der Waals surface area contributed by atoms with E-state index in [1.54, 1.807) is 27.7 Å². The number of carbonyl (C=O) groups is 1. The summed E-state index contributed by atoms with van der Waals surface area (Å²) < 4.78 is 32.0. The van der Waals surface area contributed by atoms with Gasteiger partial charge in [-0.3, -0.25) is 4.79 Å². The van der Waals surface area contributed by atoms with E-state index >= 15 is 0 Å². The predicted octanol–water partition coefficient (Wildman–Crippen LogP) is 2.27. The first-order valence-corrected chi connectivity index (χ1v) is 9.85. The number of amides is 1. The highest BCUT2D eigenvalue weighted by molar-refractivity contribution is 7.89. The molecule has 144 valence electrons. The van der Waals surface area contributed by atoms with Crippen LogP contribution in [-0.2, 0) is 10.0 Å². The largest absolute Gasteiger partial charge is 0.438 e. The molecule has 1 aromatic rings. The van der Waals surface area contributed by atoms with E-state index in [1.165, 1.54) is 12.1 Å². The fourth-order valence-electron chi connectivity index (χ4n) is 2.09. The van der Waals surface area contributed by atoms with Gasteiger partial charge in [-0.05, 0) is 58.6 Å². The highest BCUT2D eigenvalue weighted by atomic mass is 32.2. The number of carbonyl (C=O) groups excluding carboxylic acids is 1. The summed E-state index contributed by atoms with van der Waals surface area (Å²) >= 11 is 0. The Morgan fingerprint density at radius 3 is 2.36 bits per heavy atom. The van der Waals surface area contributed by atoms with Crippen molar-refractivity contribution in [3.05, 3.63) is 17.9 Å². The molecule has 1 aromatic heterocycles. The van der Waals surface area contributed by atoms with Crippen molar-refractivity contribution in [2.75, 3.05) is 6.54 Å². The zero-order valence-electron chi connectivity index (χ0n) is 15.8. The lowest BCUT2D eigenvalue weighted by atomic mass is 9.95. The lowest BCUT2D eigenvalue weighted by Crippen LogP contribution is -2.41. The van der Waals surface area contributed by atoms with E-state index in [2.05, 4.69) is 23.9 Å². The van der Waals surface area contributed by atoms with Gasteiger partial charge in [-0.1, -0.05) is 13.8 Å². The van der Waals surface area contributed by atoms with Crippen LogP contribution < -0.4 is 10.0 Å². The van der Waals surface area contributed by atoms with Crippen molar-refractivity contribution in [3.8, 4) is 0 Å². The summed E-state index contributed by atoms with van der Waals surface area (Å²) in [6.45, 7) is 11.0. The van der Waals surface area contributed by atoms with Gasteiger partial charge in [0.25, 0.3) is 15.9 Å². The fourth-order valence-corrected chi connectivity index (χ4v) is 3.44. The molecule has 0 spiro atoms. The van der Waals surface area contributed by atoms with Crippen LogP contribution in [0.2, 0.25) is 0 Å². The molecule has 8 heteroatoms. The quantitative estimate of drug-likeness (QED) is 0.647.